The number of hydrogen-bond donors (Lipinski definition) is 1. The van der Waals surface area contributed by atoms with Crippen LogP contribution < -0.4 is 10.2 Å². The Bertz CT molecular complexity index is 1090. The van der Waals surface area contributed by atoms with Gasteiger partial charge in [-0.2, -0.15) is 0 Å². The van der Waals surface area contributed by atoms with Gasteiger partial charge in [0.2, 0.25) is 0 Å². The van der Waals surface area contributed by atoms with E-state index in [1.165, 1.54) is 37.0 Å². The van der Waals surface area contributed by atoms with Gasteiger partial charge in [-0.1, -0.05) is 55.7 Å². The third-order valence-electron chi connectivity index (χ3n) is 7.80. The Hall–Kier alpha value is -2.67. The molecule has 2 unspecified atom stereocenters. The van der Waals surface area contributed by atoms with Gasteiger partial charge in [-0.05, 0) is 48.9 Å². The van der Waals surface area contributed by atoms with Crippen LogP contribution in [0.5, 0.6) is 0 Å². The predicted molar refractivity (Wildman–Crippen MR) is 129 cm³/mol. The number of thiocarbonyl (C=S) groups is 1. The van der Waals surface area contributed by atoms with Crippen LogP contribution in [0.2, 0.25) is 0 Å². The maximum absolute atomic E-state index is 13.6. The lowest BCUT2D eigenvalue weighted by Crippen LogP contribution is -2.57. The minimum absolute atomic E-state index is 0.0378. The van der Waals surface area contributed by atoms with E-state index in [1.807, 2.05) is 47.4 Å². The van der Waals surface area contributed by atoms with Gasteiger partial charge in [-0.3, -0.25) is 4.79 Å². The van der Waals surface area contributed by atoms with Crippen molar-refractivity contribution in [3.63, 3.8) is 0 Å². The number of nitrogens with one attached hydrogen (secondary N) is 1. The molecule has 3 heterocycles. The van der Waals surface area contributed by atoms with Crippen molar-refractivity contribution in [1.29, 1.82) is 0 Å². The summed E-state index contributed by atoms with van der Waals surface area (Å²) in [6.07, 6.45) is 7.32. The highest BCUT2D eigenvalue weighted by Crippen LogP contribution is 2.43. The van der Waals surface area contributed by atoms with E-state index in [0.717, 1.165) is 28.9 Å². The van der Waals surface area contributed by atoms with Gasteiger partial charge in [0, 0.05) is 18.5 Å². The number of fused-ring (bicyclic) bond motifs is 6. The molecule has 166 valence electrons. The monoisotopic (exact) mass is 448 g/mol. The number of carbonyl (C=O) groups excluding carboxylic acids is 2. The number of anilines is 1. The molecule has 4 aliphatic rings. The van der Waals surface area contributed by atoms with Crippen LogP contribution in [0.4, 0.5) is 10.5 Å². The van der Waals surface area contributed by atoms with Crippen LogP contribution in [0.1, 0.15) is 38.5 Å². The SMILES string of the molecule is O=C1[C@H]2C3CC(CN3C(=S)NCC3CCCCC3)N2C(=O)N1c1cccc2ccccc12. The van der Waals surface area contributed by atoms with Crippen LogP contribution in [0.25, 0.3) is 10.8 Å². The summed E-state index contributed by atoms with van der Waals surface area (Å²) < 4.78 is 0. The molecule has 6 rings (SSSR count). The third kappa shape index (κ3) is 3.01. The summed E-state index contributed by atoms with van der Waals surface area (Å²) in [4.78, 5) is 32.4. The summed E-state index contributed by atoms with van der Waals surface area (Å²) in [6.45, 7) is 1.62. The summed E-state index contributed by atoms with van der Waals surface area (Å²) in [5, 5.41) is 6.17. The van der Waals surface area contributed by atoms with Crippen molar-refractivity contribution in [3.8, 4) is 0 Å². The summed E-state index contributed by atoms with van der Waals surface area (Å²) >= 11 is 5.75. The Morgan fingerprint density at radius 2 is 1.81 bits per heavy atom. The van der Waals surface area contributed by atoms with E-state index in [2.05, 4.69) is 10.2 Å². The molecule has 2 aromatic rings. The lowest BCUT2D eigenvalue weighted by molar-refractivity contribution is -0.120. The number of benzene rings is 2. The fourth-order valence-corrected chi connectivity index (χ4v) is 6.53. The molecule has 4 fully saturated rings. The lowest BCUT2D eigenvalue weighted by Gasteiger charge is -2.37. The Labute approximate surface area is 193 Å². The second kappa shape index (κ2) is 7.73. The van der Waals surface area contributed by atoms with Gasteiger partial charge in [0.05, 0.1) is 17.8 Å². The smallest absolute Gasteiger partial charge is 0.332 e. The average Bonchev–Trinajstić information content (AvgIpc) is 3.49. The Kier molecular flexibility index (Phi) is 4.82. The highest BCUT2D eigenvalue weighted by Gasteiger charge is 2.62. The fraction of sp³-hybridized carbons (Fsp3) is 0.480. The van der Waals surface area contributed by atoms with Crippen LogP contribution >= 0.6 is 12.2 Å². The highest BCUT2D eigenvalue weighted by atomic mass is 32.1. The van der Waals surface area contributed by atoms with Crippen molar-refractivity contribution in [2.24, 2.45) is 5.92 Å². The third-order valence-corrected chi connectivity index (χ3v) is 8.18. The normalized spacial score (nSPS) is 27.5. The van der Waals surface area contributed by atoms with E-state index in [9.17, 15) is 9.59 Å². The molecule has 0 radical (unpaired) electrons. The number of urea groups is 1. The minimum Gasteiger partial charge on any atom is -0.362 e. The average molecular weight is 449 g/mol. The van der Waals surface area contributed by atoms with Gasteiger partial charge in [0.15, 0.2) is 5.11 Å². The van der Waals surface area contributed by atoms with Crippen LogP contribution in [0.15, 0.2) is 42.5 Å². The van der Waals surface area contributed by atoms with Gasteiger partial charge >= 0.3 is 6.03 Å². The number of amides is 3. The molecule has 2 aromatic carbocycles. The first-order valence-corrected chi connectivity index (χ1v) is 12.2. The molecule has 1 saturated carbocycles. The molecular formula is C25H28N4O2S. The number of rotatable bonds is 3. The number of nitrogens with zero attached hydrogens (tertiary/aromatic N) is 3. The molecule has 6 nitrogen and oxygen atoms in total. The van der Waals surface area contributed by atoms with E-state index in [4.69, 9.17) is 12.2 Å². The zero-order valence-electron chi connectivity index (χ0n) is 18.1. The van der Waals surface area contributed by atoms with E-state index >= 15 is 0 Å². The summed E-state index contributed by atoms with van der Waals surface area (Å²) in [6, 6.07) is 13.0. The molecule has 3 aliphatic heterocycles. The first kappa shape index (κ1) is 20.0. The largest absolute Gasteiger partial charge is 0.362 e. The Morgan fingerprint density at radius 3 is 2.66 bits per heavy atom. The standard InChI is InChI=1S/C25H28N4O2S/c30-23-22-21-13-18(15-27(21)24(32)26-14-16-7-2-1-3-8-16)28(22)25(31)29(23)20-12-6-10-17-9-4-5-11-19(17)20/h4-6,9-12,16,18,21-22H,1-3,7-8,13-15H2,(H,26,32)/t18?,21?,22-/m1/s1. The topological polar surface area (TPSA) is 55.9 Å². The van der Waals surface area contributed by atoms with Gasteiger partial charge in [-0.25, -0.2) is 9.69 Å². The van der Waals surface area contributed by atoms with Gasteiger partial charge in [-0.15, -0.1) is 0 Å². The van der Waals surface area contributed by atoms with Crippen molar-refractivity contribution in [1.82, 2.24) is 15.1 Å². The van der Waals surface area contributed by atoms with Crippen LogP contribution in [0.3, 0.4) is 0 Å². The molecule has 2 bridgehead atoms. The van der Waals surface area contributed by atoms with E-state index < -0.39 is 6.04 Å². The van der Waals surface area contributed by atoms with Crippen LogP contribution in [0, 0.1) is 5.92 Å². The first-order valence-electron chi connectivity index (χ1n) is 11.8. The Morgan fingerprint density at radius 1 is 1.03 bits per heavy atom. The molecule has 3 atom stereocenters. The molecule has 1 aliphatic carbocycles. The molecule has 7 heteroatoms. The van der Waals surface area contributed by atoms with Crippen molar-refractivity contribution in [2.45, 2.75) is 56.7 Å². The summed E-state index contributed by atoms with van der Waals surface area (Å²) in [7, 11) is 0. The van der Waals surface area contributed by atoms with E-state index in [0.29, 0.717) is 18.2 Å². The zero-order valence-corrected chi connectivity index (χ0v) is 18.9. The summed E-state index contributed by atoms with van der Waals surface area (Å²) in [5.41, 5.74) is 0.677. The molecule has 0 spiro atoms. The molecule has 0 aromatic heterocycles. The van der Waals surface area contributed by atoms with Crippen LogP contribution in [-0.4, -0.2) is 58.1 Å². The van der Waals surface area contributed by atoms with Crippen molar-refractivity contribution in [2.75, 3.05) is 18.0 Å². The van der Waals surface area contributed by atoms with E-state index in [1.54, 1.807) is 0 Å². The quantitative estimate of drug-likeness (QED) is 0.570. The van der Waals surface area contributed by atoms with Crippen molar-refractivity contribution in [3.05, 3.63) is 42.5 Å². The molecule has 3 amide bonds. The van der Waals surface area contributed by atoms with Gasteiger partial charge in [0.1, 0.15) is 6.04 Å². The molecular weight excluding hydrogens is 420 g/mol. The fourth-order valence-electron chi connectivity index (χ4n) is 6.24. The maximum atomic E-state index is 13.6. The molecule has 1 N–H and O–H groups in total. The van der Waals surface area contributed by atoms with Crippen molar-refractivity contribution < 1.29 is 9.59 Å². The van der Waals surface area contributed by atoms with E-state index in [-0.39, 0.29) is 24.0 Å². The molecule has 3 saturated heterocycles. The number of imide groups is 1. The molecule has 32 heavy (non-hydrogen) atoms. The maximum Gasteiger partial charge on any atom is 0.332 e. The predicted octanol–water partition coefficient (Wildman–Crippen LogP) is 3.89. The zero-order chi connectivity index (χ0) is 21.8. The van der Waals surface area contributed by atoms with Gasteiger partial charge < -0.3 is 15.1 Å². The first-order chi connectivity index (χ1) is 15.6. The number of piperazine rings is 1. The second-order valence-electron chi connectivity index (χ2n) is 9.61. The minimum atomic E-state index is -0.449. The van der Waals surface area contributed by atoms with Crippen molar-refractivity contribution >= 4 is 45.7 Å². The number of likely N-dealkylation sites (tertiary alicyclic amines) is 1. The number of hydrogen-bond acceptors (Lipinski definition) is 3. The highest BCUT2D eigenvalue weighted by molar-refractivity contribution is 7.80. The second-order valence-corrected chi connectivity index (χ2v) is 9.99. The number of carbonyl (C=O) groups is 2. The van der Waals surface area contributed by atoms with Gasteiger partial charge in [0.25, 0.3) is 5.91 Å². The lowest BCUT2D eigenvalue weighted by atomic mass is 9.89. The summed E-state index contributed by atoms with van der Waals surface area (Å²) in [5.74, 6) is 0.563. The van der Waals surface area contributed by atoms with Crippen LogP contribution in [-0.2, 0) is 4.79 Å². The Balaban J connectivity index is 1.22.